The van der Waals surface area contributed by atoms with E-state index in [1.54, 1.807) is 42.2 Å². The number of fused-ring (bicyclic) bond motifs is 1. The molecule has 0 saturated carbocycles. The van der Waals surface area contributed by atoms with Crippen molar-refractivity contribution in [3.63, 3.8) is 0 Å². The molecular weight excluding hydrogens is 500 g/mol. The maximum Gasteiger partial charge on any atom is 0.260 e. The number of carbonyl (C=O) groups is 3. The predicted molar refractivity (Wildman–Crippen MR) is 148 cm³/mol. The van der Waals surface area contributed by atoms with E-state index in [2.05, 4.69) is 22.3 Å². The van der Waals surface area contributed by atoms with E-state index in [1.165, 1.54) is 7.11 Å². The van der Waals surface area contributed by atoms with Crippen LogP contribution in [0.3, 0.4) is 0 Å². The Balaban J connectivity index is 1.56. The van der Waals surface area contributed by atoms with E-state index in [4.69, 9.17) is 9.47 Å². The molecule has 1 unspecified atom stereocenters. The summed E-state index contributed by atoms with van der Waals surface area (Å²) in [5, 5.41) is 14.8. The number of aliphatic imine (C=N–C) groups is 1. The van der Waals surface area contributed by atoms with Gasteiger partial charge in [-0.05, 0) is 67.1 Å². The van der Waals surface area contributed by atoms with Crippen LogP contribution in [0.2, 0.25) is 0 Å². The predicted octanol–water partition coefficient (Wildman–Crippen LogP) is 3.37. The molecule has 0 aliphatic carbocycles. The smallest absolute Gasteiger partial charge is 0.260 e. The molecule has 0 radical (unpaired) electrons. The minimum Gasteiger partial charge on any atom is -0.493 e. The molecule has 0 saturated heterocycles. The summed E-state index contributed by atoms with van der Waals surface area (Å²) in [6.45, 7) is 5.58. The second-order valence-corrected chi connectivity index (χ2v) is 8.99. The SMILES string of the molecule is C=Nc1cc(OCc2cc(CO)cc(NC(=O)C(C)NC=O)c2)c(OC)cc1C(=O)N1CCc2ccccc21. The van der Waals surface area contributed by atoms with E-state index >= 15 is 0 Å². The van der Waals surface area contributed by atoms with Gasteiger partial charge in [0.2, 0.25) is 12.3 Å². The van der Waals surface area contributed by atoms with Crippen molar-refractivity contribution in [2.24, 2.45) is 4.99 Å². The van der Waals surface area contributed by atoms with Crippen molar-refractivity contribution >= 4 is 42.0 Å². The Bertz CT molecular complexity index is 1410. The molecule has 1 aliphatic heterocycles. The molecule has 39 heavy (non-hydrogen) atoms. The van der Waals surface area contributed by atoms with Gasteiger partial charge in [-0.2, -0.15) is 0 Å². The lowest BCUT2D eigenvalue weighted by Crippen LogP contribution is -2.37. The first-order chi connectivity index (χ1) is 18.9. The summed E-state index contributed by atoms with van der Waals surface area (Å²) >= 11 is 0. The molecule has 1 atom stereocenters. The third kappa shape index (κ3) is 6.07. The van der Waals surface area contributed by atoms with Crippen LogP contribution in [0.4, 0.5) is 17.1 Å². The van der Waals surface area contributed by atoms with E-state index in [0.29, 0.717) is 52.5 Å². The van der Waals surface area contributed by atoms with Gasteiger partial charge in [0.05, 0.1) is 25.0 Å². The Labute approximate surface area is 226 Å². The molecule has 3 N–H and O–H groups in total. The van der Waals surface area contributed by atoms with Gasteiger partial charge in [-0.1, -0.05) is 18.2 Å². The molecule has 10 nitrogen and oxygen atoms in total. The molecule has 1 heterocycles. The molecule has 3 aromatic rings. The Morgan fingerprint density at radius 1 is 1.15 bits per heavy atom. The van der Waals surface area contributed by atoms with Gasteiger partial charge in [0.1, 0.15) is 12.6 Å². The number of hydrogen-bond acceptors (Lipinski definition) is 7. The molecule has 0 fully saturated rings. The van der Waals surface area contributed by atoms with Crippen molar-refractivity contribution in [1.82, 2.24) is 5.32 Å². The van der Waals surface area contributed by atoms with Crippen molar-refractivity contribution < 1.29 is 29.0 Å². The number of amides is 3. The molecule has 10 heteroatoms. The van der Waals surface area contributed by atoms with Crippen molar-refractivity contribution in [2.75, 3.05) is 23.9 Å². The Hall–Kier alpha value is -4.70. The minimum absolute atomic E-state index is 0.0680. The van der Waals surface area contributed by atoms with Gasteiger partial charge in [0, 0.05) is 24.0 Å². The Kier molecular flexibility index (Phi) is 8.57. The van der Waals surface area contributed by atoms with E-state index in [0.717, 1.165) is 17.7 Å². The lowest BCUT2D eigenvalue weighted by Gasteiger charge is -2.20. The van der Waals surface area contributed by atoms with Crippen molar-refractivity contribution in [3.8, 4) is 11.5 Å². The minimum atomic E-state index is -0.732. The summed E-state index contributed by atoms with van der Waals surface area (Å²) in [4.78, 5) is 42.2. The zero-order valence-electron chi connectivity index (χ0n) is 21.8. The number of carbonyl (C=O) groups excluding carboxylic acids is 3. The fourth-order valence-electron chi connectivity index (χ4n) is 4.42. The topological polar surface area (TPSA) is 130 Å². The number of methoxy groups -OCH3 is 1. The molecule has 0 spiro atoms. The highest BCUT2D eigenvalue weighted by atomic mass is 16.5. The molecule has 3 amide bonds. The average molecular weight is 531 g/mol. The molecule has 1 aliphatic rings. The van der Waals surface area contributed by atoms with E-state index in [1.807, 2.05) is 24.3 Å². The first kappa shape index (κ1) is 27.3. The van der Waals surface area contributed by atoms with Crippen LogP contribution in [-0.2, 0) is 29.2 Å². The van der Waals surface area contributed by atoms with E-state index in [9.17, 15) is 19.5 Å². The largest absolute Gasteiger partial charge is 0.493 e. The number of para-hydroxylation sites is 1. The van der Waals surface area contributed by atoms with Gasteiger partial charge in [-0.15, -0.1) is 0 Å². The first-order valence-corrected chi connectivity index (χ1v) is 12.3. The van der Waals surface area contributed by atoms with Gasteiger partial charge in [-0.3, -0.25) is 19.4 Å². The lowest BCUT2D eigenvalue weighted by molar-refractivity contribution is -0.120. The fourth-order valence-corrected chi connectivity index (χ4v) is 4.42. The lowest BCUT2D eigenvalue weighted by atomic mass is 10.1. The number of aliphatic hydroxyl groups is 1. The molecular formula is C29H30N4O6. The third-order valence-corrected chi connectivity index (χ3v) is 6.42. The van der Waals surface area contributed by atoms with Gasteiger partial charge in [0.15, 0.2) is 11.5 Å². The molecule has 202 valence electrons. The quantitative estimate of drug-likeness (QED) is 0.258. The number of rotatable bonds is 11. The van der Waals surface area contributed by atoms with Crippen LogP contribution in [0.1, 0.15) is 34.0 Å². The summed E-state index contributed by atoms with van der Waals surface area (Å²) < 4.78 is 11.6. The van der Waals surface area contributed by atoms with E-state index < -0.39 is 11.9 Å². The van der Waals surface area contributed by atoms with Crippen LogP contribution < -0.4 is 25.0 Å². The normalized spacial score (nSPS) is 12.7. The Morgan fingerprint density at radius 2 is 1.92 bits per heavy atom. The van der Waals surface area contributed by atoms with Crippen LogP contribution in [-0.4, -0.2) is 49.7 Å². The molecule has 0 bridgehead atoms. The number of aliphatic hydroxyl groups excluding tert-OH is 1. The van der Waals surface area contributed by atoms with Crippen LogP contribution in [0.5, 0.6) is 11.5 Å². The van der Waals surface area contributed by atoms with Gasteiger partial charge >= 0.3 is 0 Å². The summed E-state index contributed by atoms with van der Waals surface area (Å²) in [5.74, 6) is 0.0794. The zero-order chi connectivity index (χ0) is 27.9. The Morgan fingerprint density at radius 3 is 2.64 bits per heavy atom. The van der Waals surface area contributed by atoms with E-state index in [-0.39, 0.29) is 19.1 Å². The summed E-state index contributed by atoms with van der Waals surface area (Å²) in [6.07, 6.45) is 1.23. The van der Waals surface area contributed by atoms with Crippen LogP contribution in [0.15, 0.2) is 59.6 Å². The van der Waals surface area contributed by atoms with Crippen LogP contribution >= 0.6 is 0 Å². The monoisotopic (exact) mass is 530 g/mol. The summed E-state index contributed by atoms with van der Waals surface area (Å²) in [7, 11) is 1.48. The molecule has 4 rings (SSSR count). The third-order valence-electron chi connectivity index (χ3n) is 6.42. The number of ether oxygens (including phenoxy) is 2. The van der Waals surface area contributed by atoms with Crippen LogP contribution in [0.25, 0.3) is 0 Å². The fraction of sp³-hybridized carbons (Fsp3) is 0.241. The zero-order valence-corrected chi connectivity index (χ0v) is 21.8. The highest BCUT2D eigenvalue weighted by molar-refractivity contribution is 6.10. The summed E-state index contributed by atoms with van der Waals surface area (Å²) in [5.41, 5.74) is 4.36. The highest BCUT2D eigenvalue weighted by Gasteiger charge is 2.28. The molecule has 0 aromatic heterocycles. The van der Waals surface area contributed by atoms with Crippen LogP contribution in [0, 0.1) is 0 Å². The van der Waals surface area contributed by atoms with Crippen molar-refractivity contribution in [3.05, 3.63) is 76.9 Å². The number of benzene rings is 3. The van der Waals surface area contributed by atoms with Gasteiger partial charge in [-0.25, -0.2) is 0 Å². The first-order valence-electron chi connectivity index (χ1n) is 12.3. The second-order valence-electron chi connectivity index (χ2n) is 8.99. The second kappa shape index (κ2) is 12.2. The number of nitrogens with zero attached hydrogens (tertiary/aromatic N) is 2. The molecule has 3 aromatic carbocycles. The van der Waals surface area contributed by atoms with Crippen molar-refractivity contribution in [1.29, 1.82) is 0 Å². The average Bonchev–Trinajstić information content (AvgIpc) is 3.39. The van der Waals surface area contributed by atoms with Gasteiger partial charge < -0.3 is 30.1 Å². The number of nitrogens with one attached hydrogen (secondary N) is 2. The summed E-state index contributed by atoms with van der Waals surface area (Å²) in [6, 6.07) is 15.3. The maximum absolute atomic E-state index is 13.5. The van der Waals surface area contributed by atoms with Gasteiger partial charge in [0.25, 0.3) is 5.91 Å². The standard InChI is InChI=1S/C29H30N4O6/c1-18(31-17-35)28(36)32-22-11-19(15-34)10-20(12-22)16-39-27-14-24(30-2)23(13-26(27)38-3)29(37)33-9-8-21-6-4-5-7-25(21)33/h4-7,10-14,17-18,34H,2,8-9,15-16H2,1,3H3,(H,31,35)(H,32,36). The maximum atomic E-state index is 13.5. The van der Waals surface area contributed by atoms with Crippen molar-refractivity contribution in [2.45, 2.75) is 32.6 Å². The number of hydrogen-bond donors (Lipinski definition) is 3. The number of anilines is 2. The highest BCUT2D eigenvalue weighted by Crippen LogP contribution is 2.38.